The molecule has 0 spiro atoms. The molecule has 0 atom stereocenters. The Morgan fingerprint density at radius 3 is 2.60 bits per heavy atom. The highest BCUT2D eigenvalue weighted by molar-refractivity contribution is 7.89. The number of terminal acetylenes is 1. The summed E-state index contributed by atoms with van der Waals surface area (Å²) < 4.78 is 25.0. The van der Waals surface area contributed by atoms with E-state index in [2.05, 4.69) is 5.92 Å². The van der Waals surface area contributed by atoms with Gasteiger partial charge in [0.15, 0.2) is 0 Å². The van der Waals surface area contributed by atoms with E-state index in [0.29, 0.717) is 24.8 Å². The smallest absolute Gasteiger partial charge is 0.212 e. The lowest BCUT2D eigenvalue weighted by atomic mass is 10.4. The van der Waals surface area contributed by atoms with Crippen molar-refractivity contribution < 1.29 is 8.42 Å². The van der Waals surface area contributed by atoms with Crippen LogP contribution in [-0.2, 0) is 10.0 Å². The number of nitrogens with zero attached hydrogens (tertiary/aromatic N) is 1. The third-order valence-corrected chi connectivity index (χ3v) is 4.49. The maximum absolute atomic E-state index is 11.8. The van der Waals surface area contributed by atoms with E-state index in [1.54, 1.807) is 0 Å². The second-order valence-corrected chi connectivity index (χ2v) is 6.27. The van der Waals surface area contributed by atoms with Crippen molar-refractivity contribution in [3.8, 4) is 12.3 Å². The molecule has 0 bridgehead atoms. The van der Waals surface area contributed by atoms with Gasteiger partial charge in [-0.2, -0.15) is 4.31 Å². The summed E-state index contributed by atoms with van der Waals surface area (Å²) in [5, 5.41) is 0. The van der Waals surface area contributed by atoms with Crippen molar-refractivity contribution in [2.45, 2.75) is 19.3 Å². The first-order valence-electron chi connectivity index (χ1n) is 5.07. The molecule has 3 nitrogen and oxygen atoms in total. The van der Waals surface area contributed by atoms with Gasteiger partial charge in [0, 0.05) is 12.4 Å². The predicted molar refractivity (Wildman–Crippen MR) is 62.3 cm³/mol. The molecule has 1 rings (SSSR count). The van der Waals surface area contributed by atoms with Crippen LogP contribution < -0.4 is 0 Å². The molecule has 86 valence electrons. The van der Waals surface area contributed by atoms with E-state index in [4.69, 9.17) is 18.0 Å². The normalized spacial score (nSPS) is 16.6. The fourth-order valence-corrected chi connectivity index (χ4v) is 3.10. The molecule has 15 heavy (non-hydrogen) atoms. The molecule has 0 amide bonds. The topological polar surface area (TPSA) is 37.4 Å². The van der Waals surface area contributed by atoms with Crippen LogP contribution in [0.5, 0.6) is 0 Å². The van der Waals surface area contributed by atoms with E-state index in [9.17, 15) is 8.42 Å². The molecule has 1 aliphatic carbocycles. The summed E-state index contributed by atoms with van der Waals surface area (Å²) in [5.74, 6) is 3.38. The molecular weight excluding hydrogens is 234 g/mol. The molecule has 0 heterocycles. The molecule has 5 heteroatoms. The Morgan fingerprint density at radius 2 is 2.13 bits per heavy atom. The van der Waals surface area contributed by atoms with Gasteiger partial charge in [0.25, 0.3) is 0 Å². The second kappa shape index (κ2) is 5.74. The van der Waals surface area contributed by atoms with Crippen molar-refractivity contribution in [1.82, 2.24) is 4.31 Å². The zero-order valence-corrected chi connectivity index (χ0v) is 10.2. The molecule has 0 aromatic carbocycles. The zero-order valence-electron chi connectivity index (χ0n) is 8.65. The van der Waals surface area contributed by atoms with E-state index in [-0.39, 0.29) is 12.3 Å². The van der Waals surface area contributed by atoms with Gasteiger partial charge in [-0.1, -0.05) is 5.92 Å². The highest BCUT2D eigenvalue weighted by Crippen LogP contribution is 2.30. The van der Waals surface area contributed by atoms with Gasteiger partial charge in [0.05, 0.1) is 12.3 Å². The van der Waals surface area contributed by atoms with Crippen LogP contribution in [0.1, 0.15) is 19.3 Å². The average Bonchev–Trinajstić information content (AvgIpc) is 2.98. The Labute approximate surface area is 96.8 Å². The third-order valence-electron chi connectivity index (χ3n) is 2.36. The molecule has 1 saturated carbocycles. The number of sulfonamides is 1. The molecule has 0 unspecified atom stereocenters. The summed E-state index contributed by atoms with van der Waals surface area (Å²) in [6.07, 6.45) is 7.88. The van der Waals surface area contributed by atoms with Crippen LogP contribution in [0.3, 0.4) is 0 Å². The molecule has 0 saturated heterocycles. The maximum Gasteiger partial charge on any atom is 0.215 e. The van der Waals surface area contributed by atoms with Gasteiger partial charge < -0.3 is 0 Å². The quantitative estimate of drug-likeness (QED) is 0.504. The average molecular weight is 250 g/mol. The molecule has 1 fully saturated rings. The predicted octanol–water partition coefficient (Wildman–Crippen LogP) is 1.29. The van der Waals surface area contributed by atoms with E-state index in [1.165, 1.54) is 4.31 Å². The number of halogens is 1. The minimum absolute atomic E-state index is 0.102. The number of hydrogen-bond acceptors (Lipinski definition) is 2. The van der Waals surface area contributed by atoms with Crippen molar-refractivity contribution in [2.24, 2.45) is 5.92 Å². The molecule has 1 aliphatic rings. The van der Waals surface area contributed by atoms with Crippen molar-refractivity contribution in [3.05, 3.63) is 0 Å². The fourth-order valence-electron chi connectivity index (χ4n) is 1.33. The van der Waals surface area contributed by atoms with E-state index in [1.807, 2.05) is 0 Å². The standard InChI is InChI=1S/C10H16ClNO2S/c1-2-7-12(9-10-4-5-10)15(13,14)8-3-6-11/h1,10H,3-9H2. The SMILES string of the molecule is C#CCN(CC1CC1)S(=O)(=O)CCCCl. The van der Waals surface area contributed by atoms with Gasteiger partial charge in [-0.05, 0) is 25.2 Å². The summed E-state index contributed by atoms with van der Waals surface area (Å²) in [5.41, 5.74) is 0. The van der Waals surface area contributed by atoms with E-state index >= 15 is 0 Å². The van der Waals surface area contributed by atoms with Crippen LogP contribution in [0, 0.1) is 18.3 Å². The van der Waals surface area contributed by atoms with Crippen LogP contribution >= 0.6 is 11.6 Å². The Bertz CT molecular complexity index is 330. The Morgan fingerprint density at radius 1 is 1.47 bits per heavy atom. The second-order valence-electron chi connectivity index (χ2n) is 3.80. The minimum Gasteiger partial charge on any atom is -0.212 e. The van der Waals surface area contributed by atoms with Gasteiger partial charge in [-0.25, -0.2) is 8.42 Å². The van der Waals surface area contributed by atoms with E-state index in [0.717, 1.165) is 12.8 Å². The molecule has 0 aromatic rings. The number of rotatable bonds is 7. The Kier molecular flexibility index (Phi) is 4.91. The summed E-state index contributed by atoms with van der Waals surface area (Å²) in [7, 11) is -3.20. The van der Waals surface area contributed by atoms with Crippen molar-refractivity contribution in [2.75, 3.05) is 24.7 Å². The Hall–Kier alpha value is -0.240. The molecule has 0 N–H and O–H groups in total. The monoisotopic (exact) mass is 249 g/mol. The van der Waals surface area contributed by atoms with Crippen LogP contribution in [0.15, 0.2) is 0 Å². The number of hydrogen-bond donors (Lipinski definition) is 0. The fraction of sp³-hybridized carbons (Fsp3) is 0.800. The van der Waals surface area contributed by atoms with Crippen molar-refractivity contribution in [3.63, 3.8) is 0 Å². The van der Waals surface area contributed by atoms with E-state index < -0.39 is 10.0 Å². The largest absolute Gasteiger partial charge is 0.215 e. The first-order chi connectivity index (χ1) is 7.10. The number of alkyl halides is 1. The van der Waals surface area contributed by atoms with Crippen LogP contribution in [0.25, 0.3) is 0 Å². The first-order valence-corrected chi connectivity index (χ1v) is 7.21. The third kappa shape index (κ3) is 4.42. The molecule has 0 aliphatic heterocycles. The molecule has 0 radical (unpaired) electrons. The maximum atomic E-state index is 11.8. The summed E-state index contributed by atoms with van der Waals surface area (Å²) in [6.45, 7) is 0.760. The minimum atomic E-state index is -3.20. The van der Waals surface area contributed by atoms with Crippen LogP contribution in [0.2, 0.25) is 0 Å². The zero-order chi connectivity index (χ0) is 11.3. The Balaban J connectivity index is 2.55. The summed E-state index contributed by atoms with van der Waals surface area (Å²) >= 11 is 5.48. The lowest BCUT2D eigenvalue weighted by molar-refractivity contribution is 0.429. The summed E-state index contributed by atoms with van der Waals surface area (Å²) in [4.78, 5) is 0. The lowest BCUT2D eigenvalue weighted by Gasteiger charge is -2.19. The van der Waals surface area contributed by atoms with Gasteiger partial charge in [-0.3, -0.25) is 0 Å². The van der Waals surface area contributed by atoms with Gasteiger partial charge in [0.1, 0.15) is 0 Å². The van der Waals surface area contributed by atoms with Crippen molar-refractivity contribution >= 4 is 21.6 Å². The van der Waals surface area contributed by atoms with Gasteiger partial charge in [-0.15, -0.1) is 18.0 Å². The van der Waals surface area contributed by atoms with Crippen LogP contribution in [-0.4, -0.2) is 37.4 Å². The van der Waals surface area contributed by atoms with Crippen LogP contribution in [0.4, 0.5) is 0 Å². The van der Waals surface area contributed by atoms with Gasteiger partial charge >= 0.3 is 0 Å². The van der Waals surface area contributed by atoms with Crippen molar-refractivity contribution in [1.29, 1.82) is 0 Å². The highest BCUT2D eigenvalue weighted by atomic mass is 35.5. The molecular formula is C10H16ClNO2S. The lowest BCUT2D eigenvalue weighted by Crippen LogP contribution is -2.35. The highest BCUT2D eigenvalue weighted by Gasteiger charge is 2.29. The first kappa shape index (κ1) is 12.8. The summed E-state index contributed by atoms with van der Waals surface area (Å²) in [6, 6.07) is 0. The van der Waals surface area contributed by atoms with Gasteiger partial charge in [0.2, 0.25) is 10.0 Å². The molecule has 0 aromatic heterocycles.